The zero-order valence-corrected chi connectivity index (χ0v) is 8.01. The molecule has 0 aromatic heterocycles. The van der Waals surface area contributed by atoms with Gasteiger partial charge in [-0.05, 0) is 32.1 Å². The molecule has 0 aromatic rings. The van der Waals surface area contributed by atoms with E-state index in [2.05, 4.69) is 22.5 Å². The molecule has 5 heteroatoms. The zero-order chi connectivity index (χ0) is 10.4. The maximum Gasteiger partial charge on any atom is 0.325 e. The van der Waals surface area contributed by atoms with E-state index in [1.807, 2.05) is 0 Å². The Morgan fingerprint density at radius 3 is 2.57 bits per heavy atom. The van der Waals surface area contributed by atoms with E-state index >= 15 is 0 Å². The normalized spacial score (nSPS) is 17.1. The summed E-state index contributed by atoms with van der Waals surface area (Å²) in [6.07, 6.45) is 2.81. The fourth-order valence-electron chi connectivity index (χ4n) is 1.43. The predicted molar refractivity (Wildman–Crippen MR) is 52.5 cm³/mol. The summed E-state index contributed by atoms with van der Waals surface area (Å²) in [4.78, 5) is 22.4. The summed E-state index contributed by atoms with van der Waals surface area (Å²) in [6, 6.07) is -0.511. The van der Waals surface area contributed by atoms with Crippen molar-refractivity contribution in [2.45, 2.75) is 12.8 Å². The molecule has 78 valence electrons. The molecule has 0 saturated carbocycles. The third-order valence-electron chi connectivity index (χ3n) is 2.18. The standard InChI is InChI=1S/C9H15N3O2/c1-2-11-9(14)12-8(13)7-3-5-10-6-4-7/h2,7,10H,1,3-6H2,(H2,11,12,13,14). The summed E-state index contributed by atoms with van der Waals surface area (Å²) in [7, 11) is 0. The first kappa shape index (κ1) is 10.7. The molecule has 1 aliphatic heterocycles. The van der Waals surface area contributed by atoms with E-state index in [0.29, 0.717) is 0 Å². The Balaban J connectivity index is 2.32. The fourth-order valence-corrected chi connectivity index (χ4v) is 1.43. The number of carbonyl (C=O) groups excluding carboxylic acids is 2. The van der Waals surface area contributed by atoms with E-state index < -0.39 is 6.03 Å². The van der Waals surface area contributed by atoms with Crippen LogP contribution in [0.1, 0.15) is 12.8 Å². The number of hydrogen-bond donors (Lipinski definition) is 3. The van der Waals surface area contributed by atoms with Crippen molar-refractivity contribution in [2.75, 3.05) is 13.1 Å². The summed E-state index contributed by atoms with van der Waals surface area (Å²) in [6.45, 7) is 5.00. The molecular weight excluding hydrogens is 182 g/mol. The monoisotopic (exact) mass is 197 g/mol. The van der Waals surface area contributed by atoms with Crippen molar-refractivity contribution in [3.05, 3.63) is 12.8 Å². The summed E-state index contributed by atoms with van der Waals surface area (Å²) in [5.41, 5.74) is 0. The third kappa shape index (κ3) is 3.18. The highest BCUT2D eigenvalue weighted by Gasteiger charge is 2.21. The summed E-state index contributed by atoms with van der Waals surface area (Å²) in [5, 5.41) is 7.71. The summed E-state index contributed by atoms with van der Waals surface area (Å²) < 4.78 is 0. The lowest BCUT2D eigenvalue weighted by Gasteiger charge is -2.21. The lowest BCUT2D eigenvalue weighted by Crippen LogP contribution is -2.43. The first-order valence-corrected chi connectivity index (χ1v) is 4.67. The second kappa shape index (κ2) is 5.39. The molecule has 0 aromatic carbocycles. The van der Waals surface area contributed by atoms with E-state index in [4.69, 9.17) is 0 Å². The fraction of sp³-hybridized carbons (Fsp3) is 0.556. The molecule has 1 fully saturated rings. The second-order valence-electron chi connectivity index (χ2n) is 3.19. The minimum atomic E-state index is -0.511. The lowest BCUT2D eigenvalue weighted by atomic mass is 9.97. The van der Waals surface area contributed by atoms with Crippen LogP contribution in [0.15, 0.2) is 12.8 Å². The highest BCUT2D eigenvalue weighted by molar-refractivity contribution is 5.95. The quantitative estimate of drug-likeness (QED) is 0.581. The van der Waals surface area contributed by atoms with Crippen molar-refractivity contribution < 1.29 is 9.59 Å². The van der Waals surface area contributed by atoms with Gasteiger partial charge >= 0.3 is 6.03 Å². The van der Waals surface area contributed by atoms with Gasteiger partial charge in [0.25, 0.3) is 0 Å². The van der Waals surface area contributed by atoms with Crippen LogP contribution in [0.25, 0.3) is 0 Å². The molecule has 1 heterocycles. The van der Waals surface area contributed by atoms with E-state index in [1.165, 1.54) is 6.20 Å². The molecule has 0 unspecified atom stereocenters. The van der Waals surface area contributed by atoms with Crippen molar-refractivity contribution in [3.8, 4) is 0 Å². The Morgan fingerprint density at radius 2 is 2.00 bits per heavy atom. The van der Waals surface area contributed by atoms with Crippen LogP contribution in [0.2, 0.25) is 0 Å². The molecule has 1 aliphatic rings. The van der Waals surface area contributed by atoms with Crippen LogP contribution in [-0.2, 0) is 4.79 Å². The van der Waals surface area contributed by atoms with Gasteiger partial charge in [0.2, 0.25) is 5.91 Å². The first-order chi connectivity index (χ1) is 6.74. The highest BCUT2D eigenvalue weighted by Crippen LogP contribution is 2.10. The van der Waals surface area contributed by atoms with Gasteiger partial charge in [0.1, 0.15) is 0 Å². The number of piperidine rings is 1. The van der Waals surface area contributed by atoms with E-state index in [0.717, 1.165) is 25.9 Å². The van der Waals surface area contributed by atoms with Crippen molar-refractivity contribution >= 4 is 11.9 Å². The molecule has 3 N–H and O–H groups in total. The molecule has 0 radical (unpaired) electrons. The van der Waals surface area contributed by atoms with Gasteiger partial charge in [-0.2, -0.15) is 0 Å². The average Bonchev–Trinajstić information content (AvgIpc) is 2.19. The maximum absolute atomic E-state index is 11.4. The van der Waals surface area contributed by atoms with Crippen LogP contribution in [-0.4, -0.2) is 25.0 Å². The van der Waals surface area contributed by atoms with Crippen molar-refractivity contribution in [3.63, 3.8) is 0 Å². The number of carbonyl (C=O) groups is 2. The molecule has 0 bridgehead atoms. The van der Waals surface area contributed by atoms with Crippen LogP contribution < -0.4 is 16.0 Å². The number of amides is 3. The van der Waals surface area contributed by atoms with Crippen LogP contribution in [0.5, 0.6) is 0 Å². The van der Waals surface area contributed by atoms with Gasteiger partial charge in [-0.1, -0.05) is 6.58 Å². The first-order valence-electron chi connectivity index (χ1n) is 4.67. The SMILES string of the molecule is C=CNC(=O)NC(=O)C1CCNCC1. The van der Waals surface area contributed by atoms with Gasteiger partial charge in [-0.15, -0.1) is 0 Å². The number of imide groups is 1. The molecule has 1 rings (SSSR count). The largest absolute Gasteiger partial charge is 0.325 e. The molecule has 0 aliphatic carbocycles. The van der Waals surface area contributed by atoms with Gasteiger partial charge in [-0.25, -0.2) is 4.79 Å². The zero-order valence-electron chi connectivity index (χ0n) is 8.01. The van der Waals surface area contributed by atoms with E-state index in [1.54, 1.807) is 0 Å². The average molecular weight is 197 g/mol. The lowest BCUT2D eigenvalue weighted by molar-refractivity contribution is -0.124. The molecule has 0 spiro atoms. The number of urea groups is 1. The highest BCUT2D eigenvalue weighted by atomic mass is 16.2. The van der Waals surface area contributed by atoms with E-state index in [9.17, 15) is 9.59 Å². The molecular formula is C9H15N3O2. The Bertz CT molecular complexity index is 234. The smallest absolute Gasteiger partial charge is 0.317 e. The Kier molecular flexibility index (Phi) is 4.12. The number of hydrogen-bond acceptors (Lipinski definition) is 3. The van der Waals surface area contributed by atoms with Crippen molar-refractivity contribution in [1.29, 1.82) is 0 Å². The van der Waals surface area contributed by atoms with Crippen LogP contribution in [0.4, 0.5) is 4.79 Å². The maximum atomic E-state index is 11.4. The molecule has 0 atom stereocenters. The Hall–Kier alpha value is -1.36. The van der Waals surface area contributed by atoms with Gasteiger partial charge in [0.15, 0.2) is 0 Å². The Morgan fingerprint density at radius 1 is 1.36 bits per heavy atom. The number of rotatable bonds is 2. The number of nitrogens with one attached hydrogen (secondary N) is 3. The minimum Gasteiger partial charge on any atom is -0.317 e. The van der Waals surface area contributed by atoms with Gasteiger partial charge < -0.3 is 10.6 Å². The van der Waals surface area contributed by atoms with Gasteiger partial charge in [-0.3, -0.25) is 10.1 Å². The molecule has 3 amide bonds. The van der Waals surface area contributed by atoms with Crippen molar-refractivity contribution in [1.82, 2.24) is 16.0 Å². The minimum absolute atomic E-state index is 0.0492. The summed E-state index contributed by atoms with van der Waals surface area (Å²) in [5.74, 6) is -0.252. The van der Waals surface area contributed by atoms with Crippen LogP contribution in [0, 0.1) is 5.92 Å². The molecule has 1 saturated heterocycles. The van der Waals surface area contributed by atoms with Crippen LogP contribution >= 0.6 is 0 Å². The van der Waals surface area contributed by atoms with Crippen molar-refractivity contribution in [2.24, 2.45) is 5.92 Å². The molecule has 14 heavy (non-hydrogen) atoms. The van der Waals surface area contributed by atoms with Gasteiger partial charge in [0, 0.05) is 5.92 Å². The Labute approximate surface area is 82.9 Å². The molecule has 5 nitrogen and oxygen atoms in total. The topological polar surface area (TPSA) is 70.2 Å². The van der Waals surface area contributed by atoms with Crippen LogP contribution in [0.3, 0.4) is 0 Å². The van der Waals surface area contributed by atoms with Gasteiger partial charge in [0.05, 0.1) is 0 Å². The van der Waals surface area contributed by atoms with E-state index in [-0.39, 0.29) is 11.8 Å². The predicted octanol–water partition coefficient (Wildman–Crippen LogP) is -0.0447. The summed E-state index contributed by atoms with van der Waals surface area (Å²) >= 11 is 0. The third-order valence-corrected chi connectivity index (χ3v) is 2.18. The second-order valence-corrected chi connectivity index (χ2v) is 3.19.